The molecule has 0 amide bonds. The Hall–Kier alpha value is -4.00. The molecule has 3 aromatic carbocycles. The number of aromatic hydroxyl groups is 2. The van der Waals surface area contributed by atoms with E-state index in [0.29, 0.717) is 39.3 Å². The van der Waals surface area contributed by atoms with Gasteiger partial charge in [-0.1, -0.05) is 18.2 Å². The number of hydrogen-bond acceptors (Lipinski definition) is 6. The highest BCUT2D eigenvalue weighted by Gasteiger charge is 2.54. The number of phenols is 2. The molecule has 1 spiro atoms. The van der Waals surface area contributed by atoms with E-state index in [2.05, 4.69) is 0 Å². The van der Waals surface area contributed by atoms with Gasteiger partial charge in [-0.3, -0.25) is 4.79 Å². The van der Waals surface area contributed by atoms with Crippen LogP contribution in [0, 0.1) is 13.8 Å². The summed E-state index contributed by atoms with van der Waals surface area (Å²) < 4.78 is 12.1. The summed E-state index contributed by atoms with van der Waals surface area (Å²) in [4.78, 5) is 21.7. The molecule has 0 fully saturated rings. The smallest absolute Gasteiger partial charge is 0.340 e. The zero-order valence-electron chi connectivity index (χ0n) is 17.1. The molecule has 2 aliphatic heterocycles. The van der Waals surface area contributed by atoms with Gasteiger partial charge in [-0.05, 0) is 44.2 Å². The van der Waals surface area contributed by atoms with Gasteiger partial charge in [0.05, 0.1) is 5.56 Å². The second-order valence-electron chi connectivity index (χ2n) is 7.41. The molecule has 0 radical (unpaired) electrons. The Bertz CT molecular complexity index is 1180. The minimum atomic E-state index is -1.19. The van der Waals surface area contributed by atoms with E-state index in [1.165, 1.54) is 0 Å². The molecule has 0 aromatic heterocycles. The Morgan fingerprint density at radius 3 is 1.84 bits per heavy atom. The molecular formula is C24H20O7. The van der Waals surface area contributed by atoms with E-state index in [0.717, 1.165) is 12.5 Å². The summed E-state index contributed by atoms with van der Waals surface area (Å²) >= 11 is 0. The second-order valence-corrected chi connectivity index (χ2v) is 7.41. The van der Waals surface area contributed by atoms with Gasteiger partial charge in [0.2, 0.25) is 0 Å². The van der Waals surface area contributed by atoms with Crippen LogP contribution in [-0.4, -0.2) is 27.3 Å². The molecule has 7 nitrogen and oxygen atoms in total. The molecule has 0 atom stereocenters. The van der Waals surface area contributed by atoms with Crippen molar-refractivity contribution >= 4 is 11.9 Å². The number of rotatable bonds is 0. The van der Waals surface area contributed by atoms with Crippen molar-refractivity contribution in [3.63, 3.8) is 0 Å². The number of carboxylic acid groups (broad SMARTS) is 1. The van der Waals surface area contributed by atoms with E-state index >= 15 is 0 Å². The van der Waals surface area contributed by atoms with Crippen molar-refractivity contribution in [2.75, 3.05) is 0 Å². The summed E-state index contributed by atoms with van der Waals surface area (Å²) in [5.41, 5.74) is 2.40. The topological polar surface area (TPSA) is 113 Å². The van der Waals surface area contributed by atoms with E-state index in [-0.39, 0.29) is 11.5 Å². The fourth-order valence-electron chi connectivity index (χ4n) is 4.04. The third-order valence-corrected chi connectivity index (χ3v) is 5.49. The van der Waals surface area contributed by atoms with Crippen LogP contribution in [0.15, 0.2) is 48.5 Å². The Labute approximate surface area is 178 Å². The van der Waals surface area contributed by atoms with E-state index in [9.17, 15) is 15.0 Å². The first-order chi connectivity index (χ1) is 14.7. The summed E-state index contributed by atoms with van der Waals surface area (Å²) in [6.45, 7) is 4.57. The third-order valence-electron chi connectivity index (χ3n) is 5.49. The van der Waals surface area contributed by atoms with Gasteiger partial charge in [0.25, 0.3) is 5.97 Å². The first-order valence-electron chi connectivity index (χ1n) is 9.54. The number of benzene rings is 3. The Kier molecular flexibility index (Phi) is 4.61. The monoisotopic (exact) mass is 420 g/mol. The SMILES string of the molecule is CC(=O)O.Cc1c(O)ccc2c1Oc1c(ccc(O)c1C)C21OC(=O)c2ccccc21. The number of fused-ring (bicyclic) bond motifs is 6. The lowest BCUT2D eigenvalue weighted by atomic mass is 9.76. The van der Waals surface area contributed by atoms with Crippen molar-refractivity contribution in [3.05, 3.63) is 81.9 Å². The standard InChI is InChI=1S/C22H16O5.C2H4O2/c1-11-17(23)9-7-15-19(11)26-20-12(2)18(24)10-8-16(20)22(15)14-6-4-3-5-13(14)21(25)27-22;1-2(3)4/h3-10,23-24H,1-2H3;1H3,(H,3,4). The van der Waals surface area contributed by atoms with E-state index in [4.69, 9.17) is 19.4 Å². The summed E-state index contributed by atoms with van der Waals surface area (Å²) in [6, 6.07) is 13.8. The predicted molar refractivity (Wildman–Crippen MR) is 111 cm³/mol. The lowest BCUT2D eigenvalue weighted by Gasteiger charge is -2.37. The number of esters is 1. The number of carboxylic acids is 1. The Morgan fingerprint density at radius 1 is 0.839 bits per heavy atom. The van der Waals surface area contributed by atoms with Crippen molar-refractivity contribution in [2.45, 2.75) is 26.4 Å². The predicted octanol–water partition coefficient (Wildman–Crippen LogP) is 4.37. The van der Waals surface area contributed by atoms with Gasteiger partial charge in [0.1, 0.15) is 23.0 Å². The largest absolute Gasteiger partial charge is 0.508 e. The second kappa shape index (κ2) is 7.05. The van der Waals surface area contributed by atoms with Gasteiger partial charge in [-0.15, -0.1) is 0 Å². The van der Waals surface area contributed by atoms with Crippen molar-refractivity contribution in [1.29, 1.82) is 0 Å². The van der Waals surface area contributed by atoms with Crippen molar-refractivity contribution in [2.24, 2.45) is 0 Å². The van der Waals surface area contributed by atoms with Crippen LogP contribution in [0.25, 0.3) is 0 Å². The maximum Gasteiger partial charge on any atom is 0.340 e. The molecule has 0 unspecified atom stereocenters. The zero-order valence-corrected chi connectivity index (χ0v) is 17.1. The molecule has 3 aromatic rings. The van der Waals surface area contributed by atoms with Crippen LogP contribution >= 0.6 is 0 Å². The molecule has 31 heavy (non-hydrogen) atoms. The first kappa shape index (κ1) is 20.3. The summed E-state index contributed by atoms with van der Waals surface area (Å²) in [7, 11) is 0. The highest BCUT2D eigenvalue weighted by Crippen LogP contribution is 2.58. The van der Waals surface area contributed by atoms with Crippen LogP contribution in [0.3, 0.4) is 0 Å². The number of hydrogen-bond donors (Lipinski definition) is 3. The van der Waals surface area contributed by atoms with Crippen LogP contribution in [0.2, 0.25) is 0 Å². The fourth-order valence-corrected chi connectivity index (χ4v) is 4.04. The molecule has 2 heterocycles. The quantitative estimate of drug-likeness (QED) is 0.463. The minimum Gasteiger partial charge on any atom is -0.508 e. The molecular weight excluding hydrogens is 400 g/mol. The van der Waals surface area contributed by atoms with E-state index in [1.54, 1.807) is 50.2 Å². The van der Waals surface area contributed by atoms with Crippen molar-refractivity contribution in [1.82, 2.24) is 0 Å². The minimum absolute atomic E-state index is 0.0859. The molecule has 5 rings (SSSR count). The maximum absolute atomic E-state index is 12.7. The summed E-state index contributed by atoms with van der Waals surface area (Å²) in [6.07, 6.45) is 0. The number of aliphatic carboxylic acids is 1. The number of phenolic OH excluding ortho intramolecular Hbond substituents is 2. The highest BCUT2D eigenvalue weighted by molar-refractivity contribution is 5.97. The zero-order chi connectivity index (χ0) is 22.5. The molecule has 158 valence electrons. The van der Waals surface area contributed by atoms with Gasteiger partial charge < -0.3 is 24.8 Å². The number of carbonyl (C=O) groups excluding carboxylic acids is 1. The van der Waals surface area contributed by atoms with Gasteiger partial charge in [-0.25, -0.2) is 4.79 Å². The van der Waals surface area contributed by atoms with Gasteiger partial charge in [0, 0.05) is 34.7 Å². The van der Waals surface area contributed by atoms with Crippen molar-refractivity contribution in [3.8, 4) is 23.0 Å². The molecule has 0 aliphatic carbocycles. The van der Waals surface area contributed by atoms with Crippen LogP contribution in [0.4, 0.5) is 0 Å². The van der Waals surface area contributed by atoms with E-state index in [1.807, 2.05) is 12.1 Å². The Balaban J connectivity index is 0.000000535. The molecule has 0 saturated heterocycles. The van der Waals surface area contributed by atoms with Crippen LogP contribution in [0.5, 0.6) is 23.0 Å². The van der Waals surface area contributed by atoms with Gasteiger partial charge in [-0.2, -0.15) is 0 Å². The van der Waals surface area contributed by atoms with Crippen LogP contribution < -0.4 is 4.74 Å². The molecule has 0 saturated carbocycles. The van der Waals surface area contributed by atoms with Gasteiger partial charge >= 0.3 is 5.97 Å². The van der Waals surface area contributed by atoms with Gasteiger partial charge in [0.15, 0.2) is 5.60 Å². The normalized spacial score (nSPS) is 14.4. The maximum atomic E-state index is 12.7. The Morgan fingerprint density at radius 2 is 1.32 bits per heavy atom. The van der Waals surface area contributed by atoms with Crippen LogP contribution in [-0.2, 0) is 15.1 Å². The first-order valence-corrected chi connectivity index (χ1v) is 9.54. The molecule has 0 bridgehead atoms. The lowest BCUT2D eigenvalue weighted by molar-refractivity contribution is -0.134. The number of carbonyl (C=O) groups is 2. The number of ether oxygens (including phenoxy) is 2. The molecule has 3 N–H and O–H groups in total. The average molecular weight is 420 g/mol. The third kappa shape index (κ3) is 2.89. The lowest BCUT2D eigenvalue weighted by Crippen LogP contribution is -2.33. The fraction of sp³-hybridized carbons (Fsp3) is 0.167. The molecule has 2 aliphatic rings. The average Bonchev–Trinajstić information content (AvgIpc) is 3.01. The molecule has 7 heteroatoms. The summed E-state index contributed by atoms with van der Waals surface area (Å²) in [5.74, 6) is -0.215. The van der Waals surface area contributed by atoms with E-state index < -0.39 is 17.5 Å². The highest BCUT2D eigenvalue weighted by atomic mass is 16.6. The van der Waals surface area contributed by atoms with Crippen molar-refractivity contribution < 1.29 is 34.4 Å². The summed E-state index contributed by atoms with van der Waals surface area (Å²) in [5, 5.41) is 27.8. The van der Waals surface area contributed by atoms with Crippen LogP contribution in [0.1, 0.15) is 45.1 Å².